The highest BCUT2D eigenvalue weighted by Gasteiger charge is 1.91. The molecule has 74 valence electrons. The zero-order chi connectivity index (χ0) is 9.23. The van der Waals surface area contributed by atoms with Crippen molar-refractivity contribution < 1.29 is 4.74 Å². The Hall–Kier alpha value is 0.270. The van der Waals surface area contributed by atoms with Gasteiger partial charge in [-0.2, -0.15) is 11.8 Å². The van der Waals surface area contributed by atoms with E-state index in [1.54, 1.807) is 0 Å². The van der Waals surface area contributed by atoms with Crippen LogP contribution in [0.2, 0.25) is 0 Å². The van der Waals surface area contributed by atoms with E-state index < -0.39 is 0 Å². The van der Waals surface area contributed by atoms with Crippen molar-refractivity contribution in [2.75, 3.05) is 45.9 Å². The van der Waals surface area contributed by atoms with E-state index in [2.05, 4.69) is 25.3 Å². The van der Waals surface area contributed by atoms with Crippen molar-refractivity contribution >= 4 is 11.8 Å². The van der Waals surface area contributed by atoms with Crippen LogP contribution in [-0.4, -0.2) is 50.8 Å². The number of rotatable bonds is 8. The number of thioether (sulfide) groups is 1. The summed E-state index contributed by atoms with van der Waals surface area (Å²) in [5, 5.41) is 0. The first-order valence-corrected chi connectivity index (χ1v) is 5.88. The number of ether oxygens (including phenoxy) is 1. The molecule has 0 rings (SSSR count). The summed E-state index contributed by atoms with van der Waals surface area (Å²) >= 11 is 1.88. The second-order valence-electron chi connectivity index (χ2n) is 3.12. The van der Waals surface area contributed by atoms with Crippen LogP contribution in [0.25, 0.3) is 0 Å². The van der Waals surface area contributed by atoms with Gasteiger partial charge in [-0.1, -0.05) is 0 Å². The Bertz CT molecular complexity index is 88.6. The minimum Gasteiger partial charge on any atom is -0.381 e. The second kappa shape index (κ2) is 9.36. The Morgan fingerprint density at radius 3 is 2.42 bits per heavy atom. The predicted molar refractivity (Wildman–Crippen MR) is 57.0 cm³/mol. The fourth-order valence-corrected chi connectivity index (χ4v) is 1.30. The largest absolute Gasteiger partial charge is 0.381 e. The third-order valence-electron chi connectivity index (χ3n) is 1.53. The van der Waals surface area contributed by atoms with E-state index in [0.29, 0.717) is 0 Å². The normalized spacial score (nSPS) is 11.0. The van der Waals surface area contributed by atoms with Gasteiger partial charge in [0.2, 0.25) is 0 Å². The lowest BCUT2D eigenvalue weighted by atomic mass is 10.4. The molecule has 0 aromatic rings. The molecule has 0 aromatic heterocycles. The Labute approximate surface area is 80.7 Å². The van der Waals surface area contributed by atoms with Crippen LogP contribution >= 0.6 is 11.8 Å². The maximum absolute atomic E-state index is 5.45. The summed E-state index contributed by atoms with van der Waals surface area (Å²) in [4.78, 5) is 2.19. The molecule has 0 unspecified atom stereocenters. The fourth-order valence-electron chi connectivity index (χ4n) is 0.890. The minimum atomic E-state index is 0.909. The molecular weight excluding hydrogens is 170 g/mol. The van der Waals surface area contributed by atoms with Gasteiger partial charge >= 0.3 is 0 Å². The van der Waals surface area contributed by atoms with E-state index in [1.807, 2.05) is 11.8 Å². The molecule has 0 amide bonds. The molecule has 12 heavy (non-hydrogen) atoms. The Kier molecular flexibility index (Phi) is 9.57. The van der Waals surface area contributed by atoms with E-state index in [9.17, 15) is 0 Å². The third-order valence-corrected chi connectivity index (χ3v) is 2.23. The topological polar surface area (TPSA) is 12.5 Å². The van der Waals surface area contributed by atoms with Crippen molar-refractivity contribution in [1.29, 1.82) is 0 Å². The van der Waals surface area contributed by atoms with Gasteiger partial charge in [-0.3, -0.25) is 0 Å². The lowest BCUT2D eigenvalue weighted by Crippen LogP contribution is -2.15. The Morgan fingerprint density at radius 2 is 1.83 bits per heavy atom. The van der Waals surface area contributed by atoms with Crippen LogP contribution < -0.4 is 0 Å². The van der Waals surface area contributed by atoms with E-state index in [4.69, 9.17) is 4.74 Å². The first-order chi connectivity index (χ1) is 5.77. The van der Waals surface area contributed by atoms with E-state index in [0.717, 1.165) is 26.2 Å². The summed E-state index contributed by atoms with van der Waals surface area (Å²) in [6, 6.07) is 0. The monoisotopic (exact) mass is 191 g/mol. The quantitative estimate of drug-likeness (QED) is 0.542. The maximum Gasteiger partial charge on any atom is 0.0478 e. The molecule has 0 heterocycles. The number of nitrogens with zero attached hydrogens (tertiary/aromatic N) is 1. The SMILES string of the molecule is CSCCCOCCCN(C)C. The third kappa shape index (κ3) is 10.3. The molecule has 0 bridgehead atoms. The van der Waals surface area contributed by atoms with Crippen molar-refractivity contribution in [2.45, 2.75) is 12.8 Å². The average molecular weight is 191 g/mol. The second-order valence-corrected chi connectivity index (χ2v) is 4.10. The van der Waals surface area contributed by atoms with Gasteiger partial charge in [-0.15, -0.1) is 0 Å². The summed E-state index contributed by atoms with van der Waals surface area (Å²) in [5.41, 5.74) is 0. The van der Waals surface area contributed by atoms with Crippen LogP contribution in [0.15, 0.2) is 0 Å². The van der Waals surface area contributed by atoms with Crippen LogP contribution in [0.4, 0.5) is 0 Å². The molecule has 0 atom stereocenters. The first kappa shape index (κ1) is 12.3. The molecular formula is C9H21NOS. The molecule has 0 aromatic carbocycles. The van der Waals surface area contributed by atoms with Gasteiger partial charge < -0.3 is 9.64 Å². The molecule has 0 radical (unpaired) electrons. The van der Waals surface area contributed by atoms with Crippen LogP contribution in [0.3, 0.4) is 0 Å². The summed E-state index contributed by atoms with van der Waals surface area (Å²) in [5.74, 6) is 1.22. The fraction of sp³-hybridized carbons (Fsp3) is 1.00. The van der Waals surface area contributed by atoms with E-state index in [1.165, 1.54) is 12.2 Å². The van der Waals surface area contributed by atoms with Crippen LogP contribution in [0.5, 0.6) is 0 Å². The molecule has 2 nitrogen and oxygen atoms in total. The zero-order valence-electron chi connectivity index (χ0n) is 8.51. The van der Waals surface area contributed by atoms with Gasteiger partial charge in [-0.05, 0) is 45.5 Å². The molecule has 0 aliphatic heterocycles. The first-order valence-electron chi connectivity index (χ1n) is 4.48. The minimum absolute atomic E-state index is 0.909. The van der Waals surface area contributed by atoms with Gasteiger partial charge in [0.25, 0.3) is 0 Å². The average Bonchev–Trinajstić information content (AvgIpc) is 2.02. The lowest BCUT2D eigenvalue weighted by Gasteiger charge is -2.08. The van der Waals surface area contributed by atoms with Crippen molar-refractivity contribution in [2.24, 2.45) is 0 Å². The standard InChI is InChI=1S/C9H21NOS/c1-10(2)6-4-7-11-8-5-9-12-3/h4-9H2,1-3H3. The molecule has 0 saturated carbocycles. The van der Waals surface area contributed by atoms with E-state index >= 15 is 0 Å². The van der Waals surface area contributed by atoms with Crippen LogP contribution in [0.1, 0.15) is 12.8 Å². The highest BCUT2D eigenvalue weighted by molar-refractivity contribution is 7.98. The summed E-state index contributed by atoms with van der Waals surface area (Å²) in [6.07, 6.45) is 4.46. The van der Waals surface area contributed by atoms with Crippen molar-refractivity contribution in [3.8, 4) is 0 Å². The molecule has 0 N–H and O–H groups in total. The number of hydrogen-bond acceptors (Lipinski definition) is 3. The lowest BCUT2D eigenvalue weighted by molar-refractivity contribution is 0.127. The Morgan fingerprint density at radius 1 is 1.17 bits per heavy atom. The molecule has 0 saturated heterocycles. The maximum atomic E-state index is 5.45. The highest BCUT2D eigenvalue weighted by Crippen LogP contribution is 1.95. The van der Waals surface area contributed by atoms with E-state index in [-0.39, 0.29) is 0 Å². The van der Waals surface area contributed by atoms with Crippen molar-refractivity contribution in [1.82, 2.24) is 4.90 Å². The van der Waals surface area contributed by atoms with Gasteiger partial charge in [0.05, 0.1) is 0 Å². The summed E-state index contributed by atoms with van der Waals surface area (Å²) in [7, 11) is 4.18. The van der Waals surface area contributed by atoms with Gasteiger partial charge in [0, 0.05) is 13.2 Å². The highest BCUT2D eigenvalue weighted by atomic mass is 32.2. The smallest absolute Gasteiger partial charge is 0.0478 e. The molecule has 0 spiro atoms. The van der Waals surface area contributed by atoms with Gasteiger partial charge in [-0.25, -0.2) is 0 Å². The molecule has 3 heteroatoms. The molecule has 0 aliphatic rings. The zero-order valence-corrected chi connectivity index (χ0v) is 9.32. The Balaban J connectivity index is 2.82. The van der Waals surface area contributed by atoms with Crippen LogP contribution in [-0.2, 0) is 4.74 Å². The predicted octanol–water partition coefficient (Wildman–Crippen LogP) is 1.71. The molecule has 0 fully saturated rings. The van der Waals surface area contributed by atoms with Crippen molar-refractivity contribution in [3.63, 3.8) is 0 Å². The summed E-state index contributed by atoms with van der Waals surface area (Å²) < 4.78 is 5.45. The van der Waals surface area contributed by atoms with Crippen molar-refractivity contribution in [3.05, 3.63) is 0 Å². The number of hydrogen-bond donors (Lipinski definition) is 0. The summed E-state index contributed by atoms with van der Waals surface area (Å²) in [6.45, 7) is 2.96. The van der Waals surface area contributed by atoms with Crippen LogP contribution in [0, 0.1) is 0 Å². The van der Waals surface area contributed by atoms with Gasteiger partial charge in [0.15, 0.2) is 0 Å². The van der Waals surface area contributed by atoms with Gasteiger partial charge in [0.1, 0.15) is 0 Å². The molecule has 0 aliphatic carbocycles.